The van der Waals surface area contributed by atoms with Crippen molar-refractivity contribution in [1.29, 1.82) is 0 Å². The zero-order valence-electron chi connectivity index (χ0n) is 9.50. The number of nitrogens with zero attached hydrogens (tertiary/aromatic N) is 2. The van der Waals surface area contributed by atoms with Crippen LogP contribution in [0.5, 0.6) is 0 Å². The molecule has 1 amide bonds. The van der Waals surface area contributed by atoms with Gasteiger partial charge in [-0.15, -0.1) is 0 Å². The Hall–Kier alpha value is -2.23. The van der Waals surface area contributed by atoms with Crippen LogP contribution < -0.4 is 5.32 Å². The number of nitrogens with one attached hydrogen (secondary N) is 1. The maximum atomic E-state index is 11.8. The van der Waals surface area contributed by atoms with Crippen molar-refractivity contribution in [2.75, 3.05) is 0 Å². The van der Waals surface area contributed by atoms with E-state index in [2.05, 4.69) is 15.3 Å². The summed E-state index contributed by atoms with van der Waals surface area (Å²) in [7, 11) is 0. The van der Waals surface area contributed by atoms with E-state index < -0.39 is 0 Å². The third kappa shape index (κ3) is 2.87. The lowest BCUT2D eigenvalue weighted by atomic mass is 10.1. The van der Waals surface area contributed by atoms with Gasteiger partial charge in [0.1, 0.15) is 5.69 Å². The number of amides is 1. The molecule has 0 spiro atoms. The minimum Gasteiger partial charge on any atom is -0.344 e. The summed E-state index contributed by atoms with van der Waals surface area (Å²) < 4.78 is 0. The highest BCUT2D eigenvalue weighted by Gasteiger charge is 2.11. The second kappa shape index (κ2) is 5.21. The first-order valence-electron chi connectivity index (χ1n) is 5.39. The molecule has 0 saturated heterocycles. The molecule has 2 rings (SSSR count). The molecule has 0 aliphatic heterocycles. The number of pyridine rings is 2. The van der Waals surface area contributed by atoms with Crippen molar-refractivity contribution in [1.82, 2.24) is 15.3 Å². The number of aromatic nitrogens is 2. The Morgan fingerprint density at radius 1 is 1.24 bits per heavy atom. The number of hydrogen-bond acceptors (Lipinski definition) is 3. The fourth-order valence-corrected chi connectivity index (χ4v) is 1.48. The molecular formula is C13H13N3O. The van der Waals surface area contributed by atoms with E-state index in [1.165, 1.54) is 0 Å². The van der Waals surface area contributed by atoms with Crippen LogP contribution in [-0.2, 0) is 0 Å². The molecule has 0 saturated carbocycles. The van der Waals surface area contributed by atoms with Gasteiger partial charge in [0.15, 0.2) is 0 Å². The van der Waals surface area contributed by atoms with Gasteiger partial charge in [0.25, 0.3) is 5.91 Å². The topological polar surface area (TPSA) is 54.9 Å². The minimum absolute atomic E-state index is 0.0850. The first-order chi connectivity index (χ1) is 8.27. The van der Waals surface area contributed by atoms with E-state index in [0.717, 1.165) is 5.56 Å². The van der Waals surface area contributed by atoms with Crippen molar-refractivity contribution in [3.05, 3.63) is 60.2 Å². The van der Waals surface area contributed by atoms with Gasteiger partial charge in [-0.2, -0.15) is 0 Å². The molecule has 17 heavy (non-hydrogen) atoms. The molecule has 0 radical (unpaired) electrons. The van der Waals surface area contributed by atoms with Crippen LogP contribution in [0.1, 0.15) is 29.0 Å². The van der Waals surface area contributed by atoms with E-state index in [1.807, 2.05) is 19.1 Å². The summed E-state index contributed by atoms with van der Waals surface area (Å²) in [6.45, 7) is 1.91. The first kappa shape index (κ1) is 11.3. The molecule has 4 heteroatoms. The average Bonchev–Trinajstić information content (AvgIpc) is 2.40. The summed E-state index contributed by atoms with van der Waals surface area (Å²) in [4.78, 5) is 19.9. The summed E-state index contributed by atoms with van der Waals surface area (Å²) in [5.74, 6) is -0.179. The highest BCUT2D eigenvalue weighted by Crippen LogP contribution is 2.10. The zero-order chi connectivity index (χ0) is 12.1. The zero-order valence-corrected chi connectivity index (χ0v) is 9.50. The Morgan fingerprint density at radius 3 is 2.76 bits per heavy atom. The molecule has 4 nitrogen and oxygen atoms in total. The van der Waals surface area contributed by atoms with Crippen molar-refractivity contribution in [3.8, 4) is 0 Å². The molecule has 86 valence electrons. The van der Waals surface area contributed by atoms with Crippen molar-refractivity contribution in [2.45, 2.75) is 13.0 Å². The Labute approximate surface area is 99.7 Å². The SMILES string of the molecule is CC(NC(=O)c1ccccn1)c1cccnc1. The van der Waals surface area contributed by atoms with Crippen molar-refractivity contribution in [2.24, 2.45) is 0 Å². The Morgan fingerprint density at radius 2 is 2.12 bits per heavy atom. The number of hydrogen-bond donors (Lipinski definition) is 1. The van der Waals surface area contributed by atoms with Gasteiger partial charge in [-0.1, -0.05) is 12.1 Å². The largest absolute Gasteiger partial charge is 0.344 e. The van der Waals surface area contributed by atoms with Gasteiger partial charge in [-0.25, -0.2) is 0 Å². The maximum absolute atomic E-state index is 11.8. The van der Waals surface area contributed by atoms with Gasteiger partial charge in [0.2, 0.25) is 0 Å². The molecule has 2 aromatic rings. The van der Waals surface area contributed by atoms with Crippen LogP contribution in [0.25, 0.3) is 0 Å². The Kier molecular flexibility index (Phi) is 3.45. The van der Waals surface area contributed by atoms with Crippen molar-refractivity contribution in [3.63, 3.8) is 0 Å². The predicted molar refractivity (Wildman–Crippen MR) is 64.4 cm³/mol. The standard InChI is InChI=1S/C13H13N3O/c1-10(11-5-4-7-14-9-11)16-13(17)12-6-2-3-8-15-12/h2-10H,1H3,(H,16,17). The molecule has 1 N–H and O–H groups in total. The second-order valence-corrected chi connectivity index (χ2v) is 3.70. The van der Waals surface area contributed by atoms with Crippen LogP contribution in [0, 0.1) is 0 Å². The average molecular weight is 227 g/mol. The van der Waals surface area contributed by atoms with E-state index >= 15 is 0 Å². The lowest BCUT2D eigenvalue weighted by Gasteiger charge is -2.13. The fourth-order valence-electron chi connectivity index (χ4n) is 1.48. The molecule has 0 aliphatic carbocycles. The van der Waals surface area contributed by atoms with Crippen LogP contribution in [0.15, 0.2) is 48.9 Å². The monoisotopic (exact) mass is 227 g/mol. The summed E-state index contributed by atoms with van der Waals surface area (Å²) in [6.07, 6.45) is 5.05. The van der Waals surface area contributed by atoms with Crippen molar-refractivity contribution >= 4 is 5.91 Å². The number of rotatable bonds is 3. The predicted octanol–water partition coefficient (Wildman–Crippen LogP) is 1.97. The van der Waals surface area contributed by atoms with Gasteiger partial charge in [0.05, 0.1) is 6.04 Å². The summed E-state index contributed by atoms with van der Waals surface area (Å²) >= 11 is 0. The molecule has 0 bridgehead atoms. The normalized spacial score (nSPS) is 11.8. The van der Waals surface area contributed by atoms with E-state index in [0.29, 0.717) is 5.69 Å². The summed E-state index contributed by atoms with van der Waals surface area (Å²) in [6, 6.07) is 8.94. The number of carbonyl (C=O) groups excluding carboxylic acids is 1. The van der Waals surface area contributed by atoms with Gasteiger partial charge in [-0.05, 0) is 30.7 Å². The highest BCUT2D eigenvalue weighted by molar-refractivity contribution is 5.92. The third-order valence-corrected chi connectivity index (χ3v) is 2.43. The first-order valence-corrected chi connectivity index (χ1v) is 5.39. The maximum Gasteiger partial charge on any atom is 0.270 e. The minimum atomic E-state index is -0.179. The third-order valence-electron chi connectivity index (χ3n) is 2.43. The number of carbonyl (C=O) groups is 1. The molecular weight excluding hydrogens is 214 g/mol. The molecule has 2 aromatic heterocycles. The molecule has 2 heterocycles. The van der Waals surface area contributed by atoms with Crippen LogP contribution in [-0.4, -0.2) is 15.9 Å². The second-order valence-electron chi connectivity index (χ2n) is 3.70. The van der Waals surface area contributed by atoms with Gasteiger partial charge < -0.3 is 5.32 Å². The highest BCUT2D eigenvalue weighted by atomic mass is 16.1. The van der Waals surface area contributed by atoms with Gasteiger partial charge >= 0.3 is 0 Å². The smallest absolute Gasteiger partial charge is 0.270 e. The Bertz CT molecular complexity index is 485. The van der Waals surface area contributed by atoms with E-state index in [4.69, 9.17) is 0 Å². The van der Waals surface area contributed by atoms with Gasteiger partial charge in [0, 0.05) is 18.6 Å². The summed E-state index contributed by atoms with van der Waals surface area (Å²) in [5, 5.41) is 2.87. The van der Waals surface area contributed by atoms with Gasteiger partial charge in [-0.3, -0.25) is 14.8 Å². The van der Waals surface area contributed by atoms with E-state index in [9.17, 15) is 4.79 Å². The lowest BCUT2D eigenvalue weighted by Crippen LogP contribution is -2.27. The van der Waals surface area contributed by atoms with E-state index in [1.54, 1.807) is 36.8 Å². The molecule has 1 atom stereocenters. The van der Waals surface area contributed by atoms with E-state index in [-0.39, 0.29) is 11.9 Å². The van der Waals surface area contributed by atoms with Crippen LogP contribution in [0.4, 0.5) is 0 Å². The van der Waals surface area contributed by atoms with Crippen LogP contribution in [0.2, 0.25) is 0 Å². The molecule has 0 aromatic carbocycles. The fraction of sp³-hybridized carbons (Fsp3) is 0.154. The van der Waals surface area contributed by atoms with Crippen LogP contribution in [0.3, 0.4) is 0 Å². The van der Waals surface area contributed by atoms with Crippen LogP contribution >= 0.6 is 0 Å². The Balaban J connectivity index is 2.05. The van der Waals surface area contributed by atoms with Crippen molar-refractivity contribution < 1.29 is 4.79 Å². The molecule has 0 aliphatic rings. The molecule has 1 unspecified atom stereocenters. The lowest BCUT2D eigenvalue weighted by molar-refractivity contribution is 0.0935. The molecule has 0 fully saturated rings. The summed E-state index contributed by atoms with van der Waals surface area (Å²) in [5.41, 5.74) is 1.39. The quantitative estimate of drug-likeness (QED) is 0.872.